The van der Waals surface area contributed by atoms with Gasteiger partial charge in [0.15, 0.2) is 0 Å². The Hall–Kier alpha value is -3.16. The molecule has 0 unspecified atom stereocenters. The summed E-state index contributed by atoms with van der Waals surface area (Å²) in [5.74, 6) is -0.981. The first kappa shape index (κ1) is 24.5. The van der Waals surface area contributed by atoms with Crippen LogP contribution in [0, 0.1) is 15.9 Å². The molecule has 2 aromatic carbocycles. The first-order valence-electron chi connectivity index (χ1n) is 9.76. The summed E-state index contributed by atoms with van der Waals surface area (Å²) in [7, 11) is -3.64. The number of nitro groups is 1. The van der Waals surface area contributed by atoms with Crippen molar-refractivity contribution in [1.82, 2.24) is 14.3 Å². The number of hydrogen-bond acceptors (Lipinski definition) is 8. The number of hydrogen-bond donors (Lipinski definition) is 2. The fourth-order valence-corrected chi connectivity index (χ4v) is 4.80. The Balaban J connectivity index is 1.91. The molecule has 1 aromatic heterocycles. The lowest BCUT2D eigenvalue weighted by atomic mass is 10.3. The quantitative estimate of drug-likeness (QED) is 0.293. The van der Waals surface area contributed by atoms with Gasteiger partial charge in [0, 0.05) is 23.2 Å². The van der Waals surface area contributed by atoms with E-state index in [1.54, 1.807) is 19.9 Å². The van der Waals surface area contributed by atoms with Crippen molar-refractivity contribution in [2.45, 2.75) is 18.7 Å². The van der Waals surface area contributed by atoms with E-state index in [2.05, 4.69) is 36.5 Å². The highest BCUT2D eigenvalue weighted by Gasteiger charge is 2.25. The number of nitrogens with one attached hydrogen (secondary N) is 2. The Kier molecular flexibility index (Phi) is 7.56. The molecule has 3 rings (SSSR count). The molecule has 0 atom stereocenters. The summed E-state index contributed by atoms with van der Waals surface area (Å²) < 4.78 is 41.3. The van der Waals surface area contributed by atoms with Crippen molar-refractivity contribution < 1.29 is 17.7 Å². The van der Waals surface area contributed by atoms with Gasteiger partial charge in [-0.25, -0.2) is 22.8 Å². The van der Waals surface area contributed by atoms with E-state index in [0.29, 0.717) is 23.2 Å². The van der Waals surface area contributed by atoms with Crippen LogP contribution in [-0.4, -0.2) is 40.7 Å². The van der Waals surface area contributed by atoms with Crippen LogP contribution in [0.3, 0.4) is 0 Å². The van der Waals surface area contributed by atoms with Crippen molar-refractivity contribution >= 4 is 54.7 Å². The molecule has 0 aliphatic carbocycles. The molecule has 0 bridgehead atoms. The minimum absolute atomic E-state index is 0.00286. The van der Waals surface area contributed by atoms with Gasteiger partial charge in [0.05, 0.1) is 15.5 Å². The monoisotopic (exact) mass is 538 g/mol. The van der Waals surface area contributed by atoms with Crippen LogP contribution >= 0.6 is 15.9 Å². The van der Waals surface area contributed by atoms with Crippen molar-refractivity contribution in [3.63, 3.8) is 0 Å². The summed E-state index contributed by atoms with van der Waals surface area (Å²) in [4.78, 5) is 19.0. The largest absolute Gasteiger partial charge is 0.353 e. The lowest BCUT2D eigenvalue weighted by Gasteiger charge is -2.18. The van der Waals surface area contributed by atoms with Gasteiger partial charge in [-0.2, -0.15) is 4.31 Å². The van der Waals surface area contributed by atoms with E-state index in [-0.39, 0.29) is 22.2 Å². The predicted octanol–water partition coefficient (Wildman–Crippen LogP) is 4.80. The molecule has 33 heavy (non-hydrogen) atoms. The molecular weight excluding hydrogens is 519 g/mol. The number of sulfonamides is 1. The third kappa shape index (κ3) is 5.43. The molecule has 10 nitrogen and oxygen atoms in total. The molecule has 0 saturated carbocycles. The molecule has 174 valence electrons. The molecule has 0 radical (unpaired) electrons. The first-order chi connectivity index (χ1) is 15.7. The van der Waals surface area contributed by atoms with E-state index >= 15 is 0 Å². The zero-order chi connectivity index (χ0) is 24.2. The highest BCUT2D eigenvalue weighted by atomic mass is 79.9. The summed E-state index contributed by atoms with van der Waals surface area (Å²) in [5, 5.41) is 17.2. The van der Waals surface area contributed by atoms with Gasteiger partial charge in [0.1, 0.15) is 12.1 Å². The molecule has 0 spiro atoms. The topological polar surface area (TPSA) is 130 Å². The maximum Gasteiger partial charge on any atom is 0.353 e. The summed E-state index contributed by atoms with van der Waals surface area (Å²) in [6.45, 7) is 4.16. The van der Waals surface area contributed by atoms with E-state index in [0.717, 1.165) is 6.33 Å². The maximum atomic E-state index is 14.2. The molecule has 0 saturated heterocycles. The van der Waals surface area contributed by atoms with Gasteiger partial charge >= 0.3 is 5.69 Å². The van der Waals surface area contributed by atoms with Crippen LogP contribution in [-0.2, 0) is 10.0 Å². The smallest absolute Gasteiger partial charge is 0.334 e. The number of halogens is 2. The van der Waals surface area contributed by atoms with E-state index in [1.807, 2.05) is 0 Å². The molecule has 0 aliphatic rings. The summed E-state index contributed by atoms with van der Waals surface area (Å²) in [5.41, 5.74) is -0.132. The number of benzene rings is 2. The highest BCUT2D eigenvalue weighted by Crippen LogP contribution is 2.34. The van der Waals surface area contributed by atoms with Crippen molar-refractivity contribution in [3.05, 3.63) is 69.2 Å². The minimum Gasteiger partial charge on any atom is -0.334 e. The van der Waals surface area contributed by atoms with Crippen LogP contribution < -0.4 is 10.6 Å². The second-order valence-corrected chi connectivity index (χ2v) is 9.52. The molecule has 0 aliphatic heterocycles. The average molecular weight is 539 g/mol. The fourth-order valence-electron chi connectivity index (χ4n) is 3.01. The van der Waals surface area contributed by atoms with Crippen LogP contribution in [0.15, 0.2) is 58.2 Å². The average Bonchev–Trinajstić information content (AvgIpc) is 2.76. The highest BCUT2D eigenvalue weighted by molar-refractivity contribution is 9.10. The lowest BCUT2D eigenvalue weighted by molar-refractivity contribution is -0.383. The number of anilines is 4. The van der Waals surface area contributed by atoms with Gasteiger partial charge in [-0.1, -0.05) is 29.8 Å². The van der Waals surface area contributed by atoms with Crippen LogP contribution in [0.5, 0.6) is 0 Å². The molecule has 0 amide bonds. The van der Waals surface area contributed by atoms with E-state index < -0.39 is 26.5 Å². The Morgan fingerprint density at radius 2 is 1.67 bits per heavy atom. The summed E-state index contributed by atoms with van der Waals surface area (Å²) in [6, 6.07) is 9.95. The Morgan fingerprint density at radius 1 is 1.06 bits per heavy atom. The molecule has 1 heterocycles. The second-order valence-electron chi connectivity index (χ2n) is 6.66. The van der Waals surface area contributed by atoms with Crippen LogP contribution in [0.1, 0.15) is 13.8 Å². The maximum absolute atomic E-state index is 14.2. The van der Waals surface area contributed by atoms with Gasteiger partial charge in [-0.3, -0.25) is 10.1 Å². The van der Waals surface area contributed by atoms with Crippen molar-refractivity contribution in [1.29, 1.82) is 0 Å². The zero-order valence-corrected chi connectivity index (χ0v) is 20.0. The summed E-state index contributed by atoms with van der Waals surface area (Å²) >= 11 is 3.15. The van der Waals surface area contributed by atoms with Crippen LogP contribution in [0.4, 0.5) is 33.1 Å². The van der Waals surface area contributed by atoms with Crippen molar-refractivity contribution in [2.75, 3.05) is 23.7 Å². The number of aromatic nitrogens is 2. The van der Waals surface area contributed by atoms with Crippen LogP contribution in [0.2, 0.25) is 0 Å². The predicted molar refractivity (Wildman–Crippen MR) is 126 cm³/mol. The third-order valence-electron chi connectivity index (χ3n) is 4.65. The first-order valence-corrected chi connectivity index (χ1v) is 12.0. The number of rotatable bonds is 9. The SMILES string of the molecule is CCN(CC)S(=O)(=O)c1ccc(Nc2ncnc(Nc3ccc(Br)cc3F)c2[N+](=O)[O-])cc1. The Bertz CT molecular complexity index is 1270. The third-order valence-corrected chi connectivity index (χ3v) is 7.21. The lowest BCUT2D eigenvalue weighted by Crippen LogP contribution is -2.30. The van der Waals surface area contributed by atoms with Crippen LogP contribution in [0.25, 0.3) is 0 Å². The van der Waals surface area contributed by atoms with E-state index in [9.17, 15) is 22.9 Å². The standard InChI is InChI=1S/C20H20BrFN6O4S/c1-3-27(4-2)33(31,32)15-8-6-14(7-9-15)25-19-18(28(29)30)20(24-12-23-19)26-17-10-5-13(21)11-16(17)22/h5-12H,3-4H2,1-2H3,(H2,23,24,25,26). The molecule has 13 heteroatoms. The normalized spacial score (nSPS) is 11.4. The molecule has 0 fully saturated rings. The Labute approximate surface area is 198 Å². The minimum atomic E-state index is -3.64. The molecule has 3 aromatic rings. The molecular formula is C20H20BrFN6O4S. The van der Waals surface area contributed by atoms with Crippen molar-refractivity contribution in [2.24, 2.45) is 0 Å². The van der Waals surface area contributed by atoms with Gasteiger partial charge < -0.3 is 10.6 Å². The second kappa shape index (κ2) is 10.2. The Morgan fingerprint density at radius 3 is 2.21 bits per heavy atom. The van der Waals surface area contributed by atoms with E-state index in [4.69, 9.17) is 0 Å². The van der Waals surface area contributed by atoms with Gasteiger partial charge in [-0.05, 0) is 42.5 Å². The van der Waals surface area contributed by atoms with Gasteiger partial charge in [0.25, 0.3) is 0 Å². The van der Waals surface area contributed by atoms with Crippen molar-refractivity contribution in [3.8, 4) is 0 Å². The number of nitrogens with zero attached hydrogens (tertiary/aromatic N) is 4. The van der Waals surface area contributed by atoms with E-state index in [1.165, 1.54) is 40.7 Å². The molecule has 2 N–H and O–H groups in total. The van der Waals surface area contributed by atoms with Gasteiger partial charge in [0.2, 0.25) is 21.7 Å². The fraction of sp³-hybridized carbons (Fsp3) is 0.200. The zero-order valence-electron chi connectivity index (χ0n) is 17.6. The summed E-state index contributed by atoms with van der Waals surface area (Å²) in [6.07, 6.45) is 1.09. The van der Waals surface area contributed by atoms with Gasteiger partial charge in [-0.15, -0.1) is 0 Å².